The molecule has 0 saturated heterocycles. The number of allylic oxidation sites excluding steroid dienone is 2. The summed E-state index contributed by atoms with van der Waals surface area (Å²) in [6.45, 7) is 14.0. The third-order valence-corrected chi connectivity index (χ3v) is 4.49. The second kappa shape index (κ2) is 8.82. The number of thiophene rings is 1. The molecular formula is C16H26N2OS. The van der Waals surface area contributed by atoms with Crippen LogP contribution in [0, 0.1) is 6.92 Å². The normalized spacial score (nSPS) is 11.8. The van der Waals surface area contributed by atoms with Crippen LogP contribution in [0.4, 0.5) is 5.00 Å². The third-order valence-electron chi connectivity index (χ3n) is 3.22. The molecule has 0 aromatic carbocycles. The van der Waals surface area contributed by atoms with Crippen LogP contribution in [0.1, 0.15) is 24.3 Å². The van der Waals surface area contributed by atoms with Gasteiger partial charge < -0.3 is 15.0 Å². The lowest BCUT2D eigenvalue weighted by atomic mass is 10.2. The topological polar surface area (TPSA) is 24.5 Å². The van der Waals surface area contributed by atoms with E-state index in [1.165, 1.54) is 10.4 Å². The van der Waals surface area contributed by atoms with Crippen molar-refractivity contribution in [1.29, 1.82) is 0 Å². The highest BCUT2D eigenvalue weighted by atomic mass is 32.1. The van der Waals surface area contributed by atoms with Crippen molar-refractivity contribution in [3.05, 3.63) is 35.2 Å². The molecule has 0 fully saturated rings. The molecule has 0 bridgehead atoms. The van der Waals surface area contributed by atoms with E-state index in [2.05, 4.69) is 43.6 Å². The smallest absolute Gasteiger partial charge is 0.136 e. The van der Waals surface area contributed by atoms with Gasteiger partial charge in [-0.25, -0.2) is 0 Å². The van der Waals surface area contributed by atoms with Gasteiger partial charge >= 0.3 is 0 Å². The first kappa shape index (κ1) is 16.8. The van der Waals surface area contributed by atoms with E-state index >= 15 is 0 Å². The molecule has 20 heavy (non-hydrogen) atoms. The molecule has 0 radical (unpaired) electrons. The Bertz CT molecular complexity index is 447. The van der Waals surface area contributed by atoms with Gasteiger partial charge in [0, 0.05) is 13.6 Å². The van der Waals surface area contributed by atoms with Gasteiger partial charge in [0.05, 0.1) is 9.88 Å². The molecular weight excluding hydrogens is 268 g/mol. The molecule has 0 aliphatic carbocycles. The fourth-order valence-corrected chi connectivity index (χ4v) is 2.98. The largest absolute Gasteiger partial charge is 0.491 e. The highest BCUT2D eigenvalue weighted by molar-refractivity contribution is 7.17. The first-order chi connectivity index (χ1) is 9.65. The summed E-state index contributed by atoms with van der Waals surface area (Å²) in [4.78, 5) is 3.53. The van der Waals surface area contributed by atoms with E-state index in [0.717, 1.165) is 30.4 Å². The minimum Gasteiger partial charge on any atom is -0.491 e. The first-order valence-electron chi connectivity index (χ1n) is 7.12. The van der Waals surface area contributed by atoms with Crippen molar-refractivity contribution in [1.82, 2.24) is 4.90 Å². The van der Waals surface area contributed by atoms with Crippen molar-refractivity contribution in [3.8, 4) is 0 Å². The molecule has 0 atom stereocenters. The predicted molar refractivity (Wildman–Crippen MR) is 90.5 cm³/mol. The molecule has 1 N–H and O–H groups in total. The number of nitrogens with one attached hydrogen (secondary N) is 1. The van der Waals surface area contributed by atoms with Gasteiger partial charge in [-0.2, -0.15) is 0 Å². The Morgan fingerprint density at radius 2 is 2.15 bits per heavy atom. The molecule has 1 aromatic rings. The summed E-state index contributed by atoms with van der Waals surface area (Å²) in [6, 6.07) is 2.14. The standard InChI is InChI=1S/C16H26N2OS/c1-6-9-14(19-11-10-18(7-2)8-3)16-13(4)12-15(17-5)20-16/h6,9,12,17H,1,7-8,10-11H2,2-5H3/b14-9+. The lowest BCUT2D eigenvalue weighted by molar-refractivity contribution is 0.202. The van der Waals surface area contributed by atoms with E-state index < -0.39 is 0 Å². The van der Waals surface area contributed by atoms with Gasteiger partial charge in [0.2, 0.25) is 0 Å². The second-order valence-corrected chi connectivity index (χ2v) is 5.57. The van der Waals surface area contributed by atoms with E-state index in [-0.39, 0.29) is 0 Å². The first-order valence-corrected chi connectivity index (χ1v) is 7.94. The summed E-state index contributed by atoms with van der Waals surface area (Å²) in [6.07, 6.45) is 3.73. The van der Waals surface area contributed by atoms with Gasteiger partial charge in [-0.15, -0.1) is 11.3 Å². The lowest BCUT2D eigenvalue weighted by Crippen LogP contribution is -2.26. The minimum absolute atomic E-state index is 0.702. The fourth-order valence-electron chi connectivity index (χ4n) is 1.97. The molecule has 1 rings (SSSR count). The number of anilines is 1. The summed E-state index contributed by atoms with van der Waals surface area (Å²) < 4.78 is 5.97. The van der Waals surface area contributed by atoms with Crippen LogP contribution in [0.25, 0.3) is 5.76 Å². The van der Waals surface area contributed by atoms with E-state index in [1.807, 2.05) is 13.1 Å². The van der Waals surface area contributed by atoms with Crippen molar-refractivity contribution >= 4 is 22.1 Å². The number of ether oxygens (including phenoxy) is 1. The van der Waals surface area contributed by atoms with Crippen molar-refractivity contribution < 1.29 is 4.74 Å². The van der Waals surface area contributed by atoms with Gasteiger partial charge in [-0.1, -0.05) is 26.5 Å². The molecule has 0 spiro atoms. The number of hydrogen-bond acceptors (Lipinski definition) is 4. The van der Waals surface area contributed by atoms with E-state index in [0.29, 0.717) is 6.61 Å². The minimum atomic E-state index is 0.702. The van der Waals surface area contributed by atoms with Crippen LogP contribution in [0.3, 0.4) is 0 Å². The molecule has 0 amide bonds. The number of rotatable bonds is 9. The predicted octanol–water partition coefficient (Wildman–Crippen LogP) is 3.98. The second-order valence-electron chi connectivity index (χ2n) is 4.51. The summed E-state index contributed by atoms with van der Waals surface area (Å²) >= 11 is 1.71. The maximum Gasteiger partial charge on any atom is 0.136 e. The van der Waals surface area contributed by atoms with Crippen LogP contribution in [-0.4, -0.2) is 38.2 Å². The zero-order chi connectivity index (χ0) is 15.0. The van der Waals surface area contributed by atoms with Gasteiger partial charge in [0.15, 0.2) is 0 Å². The molecule has 3 nitrogen and oxygen atoms in total. The number of aryl methyl sites for hydroxylation is 1. The van der Waals surface area contributed by atoms with Crippen LogP contribution in [0.2, 0.25) is 0 Å². The summed E-state index contributed by atoms with van der Waals surface area (Å²) in [5, 5.41) is 4.33. The van der Waals surface area contributed by atoms with Crippen LogP contribution >= 0.6 is 11.3 Å². The molecule has 0 aliphatic heterocycles. The maximum absolute atomic E-state index is 5.97. The molecule has 1 aromatic heterocycles. The third kappa shape index (κ3) is 4.69. The Morgan fingerprint density at radius 1 is 1.45 bits per heavy atom. The quantitative estimate of drug-likeness (QED) is 0.550. The molecule has 0 aliphatic rings. The Hall–Kier alpha value is -1.26. The average molecular weight is 294 g/mol. The SMILES string of the molecule is C=C/C=C(/OCCN(CC)CC)c1sc(NC)cc1C. The van der Waals surface area contributed by atoms with Crippen molar-refractivity contribution in [2.24, 2.45) is 0 Å². The van der Waals surface area contributed by atoms with Crippen LogP contribution in [0.15, 0.2) is 24.8 Å². The lowest BCUT2D eigenvalue weighted by Gasteiger charge is -2.18. The highest BCUT2D eigenvalue weighted by Crippen LogP contribution is 2.32. The van der Waals surface area contributed by atoms with Crippen LogP contribution in [-0.2, 0) is 4.74 Å². The van der Waals surface area contributed by atoms with E-state index in [9.17, 15) is 0 Å². The number of hydrogen-bond donors (Lipinski definition) is 1. The molecule has 1 heterocycles. The fraction of sp³-hybridized carbons (Fsp3) is 0.500. The average Bonchev–Trinajstić information content (AvgIpc) is 2.83. The Labute approximate surface area is 126 Å². The monoisotopic (exact) mass is 294 g/mol. The van der Waals surface area contributed by atoms with Gasteiger partial charge in [-0.05, 0) is 37.7 Å². The zero-order valence-corrected chi connectivity index (χ0v) is 13.8. The van der Waals surface area contributed by atoms with Gasteiger partial charge in [-0.3, -0.25) is 0 Å². The summed E-state index contributed by atoms with van der Waals surface area (Å²) in [7, 11) is 1.94. The molecule has 0 saturated carbocycles. The molecule has 0 unspecified atom stereocenters. The number of likely N-dealkylation sites (N-methyl/N-ethyl adjacent to an activating group) is 1. The van der Waals surface area contributed by atoms with Crippen molar-refractivity contribution in [2.45, 2.75) is 20.8 Å². The number of nitrogens with zero attached hydrogens (tertiary/aromatic N) is 1. The van der Waals surface area contributed by atoms with Gasteiger partial charge in [0.25, 0.3) is 0 Å². The van der Waals surface area contributed by atoms with Crippen molar-refractivity contribution in [3.63, 3.8) is 0 Å². The summed E-state index contributed by atoms with van der Waals surface area (Å²) in [5.74, 6) is 0.913. The van der Waals surface area contributed by atoms with Gasteiger partial charge in [0.1, 0.15) is 12.4 Å². The van der Waals surface area contributed by atoms with Crippen molar-refractivity contribution in [2.75, 3.05) is 38.6 Å². The maximum atomic E-state index is 5.97. The summed E-state index contributed by atoms with van der Waals surface area (Å²) in [5.41, 5.74) is 1.23. The van der Waals surface area contributed by atoms with E-state index in [4.69, 9.17) is 4.74 Å². The molecule has 112 valence electrons. The zero-order valence-electron chi connectivity index (χ0n) is 13.0. The Morgan fingerprint density at radius 3 is 2.65 bits per heavy atom. The van der Waals surface area contributed by atoms with Crippen LogP contribution in [0.5, 0.6) is 0 Å². The Balaban J connectivity index is 2.72. The Kier molecular flexibility index (Phi) is 7.41. The highest BCUT2D eigenvalue weighted by Gasteiger charge is 2.11. The van der Waals surface area contributed by atoms with Crippen LogP contribution < -0.4 is 5.32 Å². The van der Waals surface area contributed by atoms with E-state index in [1.54, 1.807) is 17.4 Å². The molecule has 4 heteroatoms.